The molecular weight excluding hydrogens is 244 g/mol. The maximum absolute atomic E-state index is 4.74. The molecule has 0 aliphatic heterocycles. The predicted octanol–water partition coefficient (Wildman–Crippen LogP) is 2.20. The zero-order valence-electron chi connectivity index (χ0n) is 12.4. The van der Waals surface area contributed by atoms with E-state index in [0.29, 0.717) is 12.1 Å². The topological polar surface area (TPSA) is 31.4 Å². The fraction of sp³-hybridized carbons (Fsp3) is 0.769. The summed E-state index contributed by atoms with van der Waals surface area (Å²) in [6.07, 6.45) is 0. The number of nitrogens with zero attached hydrogens (tertiary/aromatic N) is 3. The molecule has 2 atom stereocenters. The molecule has 18 heavy (non-hydrogen) atoms. The Morgan fingerprint density at radius 2 is 2.06 bits per heavy atom. The van der Waals surface area contributed by atoms with Gasteiger partial charge in [-0.25, -0.2) is 4.98 Å². The van der Waals surface area contributed by atoms with E-state index < -0.39 is 0 Å². The first-order valence-electron chi connectivity index (χ1n) is 6.53. The highest BCUT2D eigenvalue weighted by Gasteiger charge is 2.18. The normalized spacial score (nSPS) is 14.8. The molecule has 1 N–H and O–H groups in total. The molecule has 0 spiro atoms. The van der Waals surface area contributed by atoms with Crippen LogP contribution in [0.3, 0.4) is 0 Å². The third kappa shape index (κ3) is 3.93. The lowest BCUT2D eigenvalue weighted by molar-refractivity contribution is 0.372. The molecule has 104 valence electrons. The quantitative estimate of drug-likeness (QED) is 0.823. The molecule has 0 aromatic carbocycles. The average molecular weight is 270 g/mol. The third-order valence-corrected chi connectivity index (χ3v) is 4.03. The zero-order chi connectivity index (χ0) is 13.7. The average Bonchev–Trinajstić information content (AvgIpc) is 2.77. The summed E-state index contributed by atoms with van der Waals surface area (Å²) in [5.41, 5.74) is 1.13. The van der Waals surface area contributed by atoms with Crippen LogP contribution in [0.2, 0.25) is 0 Å². The number of nitrogens with one attached hydrogen (secondary N) is 1. The van der Waals surface area contributed by atoms with Crippen molar-refractivity contribution in [3.05, 3.63) is 11.1 Å². The highest BCUT2D eigenvalue weighted by Crippen LogP contribution is 2.25. The van der Waals surface area contributed by atoms with E-state index in [0.717, 1.165) is 23.9 Å². The summed E-state index contributed by atoms with van der Waals surface area (Å²) in [6.45, 7) is 8.62. The van der Waals surface area contributed by atoms with E-state index in [4.69, 9.17) is 4.98 Å². The largest absolute Gasteiger partial charge is 0.344 e. The van der Waals surface area contributed by atoms with Gasteiger partial charge in [0.2, 0.25) is 0 Å². The number of aromatic nitrogens is 1. The van der Waals surface area contributed by atoms with Crippen LogP contribution in [0.1, 0.15) is 32.5 Å². The van der Waals surface area contributed by atoms with Crippen LogP contribution in [0.25, 0.3) is 0 Å². The second kappa shape index (κ2) is 7.07. The number of hydrogen-bond acceptors (Lipinski definition) is 5. The van der Waals surface area contributed by atoms with E-state index in [1.54, 1.807) is 11.3 Å². The van der Waals surface area contributed by atoms with Crippen molar-refractivity contribution < 1.29 is 0 Å². The number of hydrogen-bond donors (Lipinski definition) is 1. The van der Waals surface area contributed by atoms with Crippen molar-refractivity contribution in [2.75, 3.05) is 39.1 Å². The molecule has 0 fully saturated rings. The minimum atomic E-state index is 0.317. The van der Waals surface area contributed by atoms with E-state index in [1.165, 1.54) is 0 Å². The van der Waals surface area contributed by atoms with E-state index in [2.05, 4.69) is 55.4 Å². The number of rotatable bonds is 7. The monoisotopic (exact) mass is 270 g/mol. The number of thiazole rings is 1. The van der Waals surface area contributed by atoms with Crippen LogP contribution in [0, 0.1) is 0 Å². The van der Waals surface area contributed by atoms with Gasteiger partial charge in [-0.2, -0.15) is 0 Å². The summed E-state index contributed by atoms with van der Waals surface area (Å²) in [5.74, 6) is 0. The Labute approximate surface area is 115 Å². The van der Waals surface area contributed by atoms with Crippen molar-refractivity contribution in [3.8, 4) is 0 Å². The molecule has 0 radical (unpaired) electrons. The highest BCUT2D eigenvalue weighted by atomic mass is 32.1. The number of likely N-dealkylation sites (N-methyl/N-ethyl adjacent to an activating group) is 2. The van der Waals surface area contributed by atoms with Gasteiger partial charge in [0.15, 0.2) is 5.13 Å². The van der Waals surface area contributed by atoms with Crippen molar-refractivity contribution in [2.45, 2.75) is 32.9 Å². The molecule has 5 heteroatoms. The Balaban J connectivity index is 2.79. The molecule has 1 aromatic heterocycles. The van der Waals surface area contributed by atoms with E-state index in [1.807, 2.05) is 7.05 Å². The highest BCUT2D eigenvalue weighted by molar-refractivity contribution is 7.13. The van der Waals surface area contributed by atoms with Gasteiger partial charge in [-0.15, -0.1) is 11.3 Å². The van der Waals surface area contributed by atoms with Gasteiger partial charge in [0.05, 0.1) is 5.69 Å². The first-order chi connectivity index (χ1) is 8.49. The molecule has 0 amide bonds. The van der Waals surface area contributed by atoms with Gasteiger partial charge in [-0.1, -0.05) is 0 Å². The molecule has 1 rings (SSSR count). The lowest BCUT2D eigenvalue weighted by Gasteiger charge is -2.29. The Hall–Kier alpha value is -0.650. The lowest BCUT2D eigenvalue weighted by Crippen LogP contribution is -2.40. The minimum absolute atomic E-state index is 0.317. The van der Waals surface area contributed by atoms with Crippen molar-refractivity contribution in [2.24, 2.45) is 0 Å². The molecule has 0 aliphatic rings. The van der Waals surface area contributed by atoms with Crippen molar-refractivity contribution in [1.82, 2.24) is 15.2 Å². The first-order valence-corrected chi connectivity index (χ1v) is 7.41. The maximum Gasteiger partial charge on any atom is 0.185 e. The molecule has 0 saturated carbocycles. The van der Waals surface area contributed by atoms with Gasteiger partial charge < -0.3 is 15.1 Å². The second-order valence-electron chi connectivity index (χ2n) is 4.96. The zero-order valence-corrected chi connectivity index (χ0v) is 13.2. The second-order valence-corrected chi connectivity index (χ2v) is 5.80. The Kier molecular flexibility index (Phi) is 6.05. The smallest absolute Gasteiger partial charge is 0.185 e. The SMILES string of the molecule is CCN(c1nc(C(C)NC)cs1)C(C)CN(C)C. The van der Waals surface area contributed by atoms with Gasteiger partial charge in [0, 0.05) is 30.6 Å². The first kappa shape index (κ1) is 15.4. The molecule has 1 heterocycles. The lowest BCUT2D eigenvalue weighted by atomic mass is 10.2. The van der Waals surface area contributed by atoms with Crippen LogP contribution in [-0.2, 0) is 0 Å². The summed E-state index contributed by atoms with van der Waals surface area (Å²) < 4.78 is 0. The van der Waals surface area contributed by atoms with Crippen LogP contribution in [0.15, 0.2) is 5.38 Å². The fourth-order valence-electron chi connectivity index (χ4n) is 2.02. The van der Waals surface area contributed by atoms with Crippen molar-refractivity contribution >= 4 is 16.5 Å². The maximum atomic E-state index is 4.74. The molecule has 0 saturated heterocycles. The Bertz CT molecular complexity index is 351. The third-order valence-electron chi connectivity index (χ3n) is 3.13. The van der Waals surface area contributed by atoms with E-state index in [9.17, 15) is 0 Å². The Morgan fingerprint density at radius 3 is 2.56 bits per heavy atom. The molecule has 0 bridgehead atoms. The molecule has 1 aromatic rings. The van der Waals surface area contributed by atoms with Crippen LogP contribution in [-0.4, -0.2) is 50.2 Å². The molecule has 0 aliphatic carbocycles. The van der Waals surface area contributed by atoms with Crippen LogP contribution in [0.4, 0.5) is 5.13 Å². The fourth-order valence-corrected chi connectivity index (χ4v) is 3.10. The summed E-state index contributed by atoms with van der Waals surface area (Å²) in [5, 5.41) is 6.51. The molecule has 4 nitrogen and oxygen atoms in total. The van der Waals surface area contributed by atoms with Crippen LogP contribution < -0.4 is 10.2 Å². The van der Waals surface area contributed by atoms with Gasteiger partial charge in [0.25, 0.3) is 0 Å². The summed E-state index contributed by atoms with van der Waals surface area (Å²) >= 11 is 1.74. The predicted molar refractivity (Wildman–Crippen MR) is 80.6 cm³/mol. The van der Waals surface area contributed by atoms with Gasteiger partial charge in [0.1, 0.15) is 0 Å². The minimum Gasteiger partial charge on any atom is -0.344 e. The summed E-state index contributed by atoms with van der Waals surface area (Å²) in [6, 6.07) is 0.798. The van der Waals surface area contributed by atoms with Gasteiger partial charge in [-0.05, 0) is 41.9 Å². The van der Waals surface area contributed by atoms with E-state index >= 15 is 0 Å². The van der Waals surface area contributed by atoms with Crippen molar-refractivity contribution in [3.63, 3.8) is 0 Å². The van der Waals surface area contributed by atoms with Crippen molar-refractivity contribution in [1.29, 1.82) is 0 Å². The molecule has 2 unspecified atom stereocenters. The van der Waals surface area contributed by atoms with Crippen LogP contribution in [0.5, 0.6) is 0 Å². The van der Waals surface area contributed by atoms with Crippen LogP contribution >= 0.6 is 11.3 Å². The van der Waals surface area contributed by atoms with E-state index in [-0.39, 0.29) is 0 Å². The standard InChI is InChI=1S/C13H26N4S/c1-7-17(10(2)8-16(5)6)13-15-12(9-18-13)11(3)14-4/h9-11,14H,7-8H2,1-6H3. The summed E-state index contributed by atoms with van der Waals surface area (Å²) in [7, 11) is 6.19. The van der Waals surface area contributed by atoms with Gasteiger partial charge in [-0.3, -0.25) is 0 Å². The number of anilines is 1. The van der Waals surface area contributed by atoms with Gasteiger partial charge >= 0.3 is 0 Å². The molecular formula is C13H26N4S. The summed E-state index contributed by atoms with van der Waals surface area (Å²) in [4.78, 5) is 9.34. The Morgan fingerprint density at radius 1 is 1.39 bits per heavy atom.